The van der Waals surface area contributed by atoms with Crippen LogP contribution in [0.15, 0.2) is 41.2 Å². The van der Waals surface area contributed by atoms with Gasteiger partial charge in [0.1, 0.15) is 5.39 Å². The molecule has 0 spiro atoms. The van der Waals surface area contributed by atoms with E-state index in [1.165, 1.54) is 11.7 Å². The van der Waals surface area contributed by atoms with E-state index < -0.39 is 0 Å². The Morgan fingerprint density at radius 3 is 2.46 bits per heavy atom. The molecule has 1 aromatic carbocycles. The summed E-state index contributed by atoms with van der Waals surface area (Å²) in [7, 11) is 3.16. The van der Waals surface area contributed by atoms with Crippen molar-refractivity contribution in [1.29, 1.82) is 0 Å². The summed E-state index contributed by atoms with van der Waals surface area (Å²) < 4.78 is 8.73. The minimum absolute atomic E-state index is 0.0761. The zero-order valence-electron chi connectivity index (χ0n) is 20.2. The number of amides is 2. The van der Waals surface area contributed by atoms with Crippen LogP contribution in [0, 0.1) is 0 Å². The third kappa shape index (κ3) is 4.58. The first kappa shape index (κ1) is 24.3. The maximum atomic E-state index is 13.6. The van der Waals surface area contributed by atoms with Crippen molar-refractivity contribution in [3.8, 4) is 5.75 Å². The van der Waals surface area contributed by atoms with Gasteiger partial charge in [-0.2, -0.15) is 0 Å². The van der Waals surface area contributed by atoms with Crippen molar-refractivity contribution >= 4 is 29.0 Å². The van der Waals surface area contributed by atoms with E-state index in [-0.39, 0.29) is 46.7 Å². The lowest BCUT2D eigenvalue weighted by molar-refractivity contribution is -0.119. The zero-order chi connectivity index (χ0) is 25.1. The molecule has 4 rings (SSSR count). The number of rotatable bonds is 8. The molecule has 1 N–H and O–H groups in total. The normalized spacial score (nSPS) is 14.2. The summed E-state index contributed by atoms with van der Waals surface area (Å²) in [5.41, 5.74) is 1.69. The largest absolute Gasteiger partial charge is 0.493 e. The molecule has 1 aliphatic rings. The average molecular weight is 479 g/mol. The summed E-state index contributed by atoms with van der Waals surface area (Å²) in [5.74, 6) is -0.315. The molecule has 35 heavy (non-hydrogen) atoms. The van der Waals surface area contributed by atoms with Gasteiger partial charge in [0.2, 0.25) is 6.41 Å². The molecule has 9 heteroatoms. The minimum Gasteiger partial charge on any atom is -0.493 e. The Kier molecular flexibility index (Phi) is 7.04. The minimum atomic E-state index is -0.366. The van der Waals surface area contributed by atoms with E-state index in [4.69, 9.17) is 4.74 Å². The van der Waals surface area contributed by atoms with Crippen LogP contribution in [0.3, 0.4) is 0 Å². The summed E-state index contributed by atoms with van der Waals surface area (Å²) in [6.45, 7) is 2.99. The number of carbonyl (C=O) groups is 3. The second kappa shape index (κ2) is 10.2. The molecule has 0 unspecified atom stereocenters. The van der Waals surface area contributed by atoms with Crippen molar-refractivity contribution in [2.45, 2.75) is 38.8 Å². The number of aromatic nitrogens is 2. The van der Waals surface area contributed by atoms with Crippen molar-refractivity contribution in [3.05, 3.63) is 63.7 Å². The van der Waals surface area contributed by atoms with Crippen molar-refractivity contribution in [2.75, 3.05) is 20.2 Å². The van der Waals surface area contributed by atoms with Crippen LogP contribution in [-0.4, -0.2) is 58.4 Å². The fourth-order valence-electron chi connectivity index (χ4n) is 4.73. The smallest absolute Gasteiger partial charge is 0.272 e. The fourth-order valence-corrected chi connectivity index (χ4v) is 4.73. The van der Waals surface area contributed by atoms with Gasteiger partial charge in [-0.3, -0.25) is 19.2 Å². The molecule has 1 fully saturated rings. The standard InChI is InChI=1S/C26H30N4O5/c1-4-19-14-20-22(26(34)30(19)15-21(32)17-8-6-5-7-9-17)24(35-3)23(28(20)2)25(33)27-18-10-12-29(16-31)13-11-18/h5-9,14,16,18H,4,10-13,15H2,1-3H3,(H,27,33). The number of carbonyl (C=O) groups excluding carboxylic acids is 3. The summed E-state index contributed by atoms with van der Waals surface area (Å²) in [6, 6.07) is 10.6. The van der Waals surface area contributed by atoms with Crippen LogP contribution in [0.1, 0.15) is 46.3 Å². The fraction of sp³-hybridized carbons (Fsp3) is 0.385. The molecule has 1 saturated heterocycles. The van der Waals surface area contributed by atoms with E-state index in [1.807, 2.05) is 19.1 Å². The SMILES string of the molecule is CCc1cc2c(c(OC)c(C(=O)NC3CCN(C=O)CC3)n2C)c(=O)n1CC(=O)c1ccccc1. The second-order valence-electron chi connectivity index (χ2n) is 8.76. The molecule has 0 bridgehead atoms. The number of ketones is 1. The Morgan fingerprint density at radius 2 is 1.86 bits per heavy atom. The van der Waals surface area contributed by atoms with Crippen LogP contribution < -0.4 is 15.6 Å². The highest BCUT2D eigenvalue weighted by Crippen LogP contribution is 2.31. The number of likely N-dealkylation sites (tertiary alicyclic amines) is 1. The van der Waals surface area contributed by atoms with Crippen molar-refractivity contribution < 1.29 is 19.1 Å². The molecule has 9 nitrogen and oxygen atoms in total. The van der Waals surface area contributed by atoms with E-state index in [2.05, 4.69) is 5.32 Å². The molecule has 3 aromatic rings. The predicted octanol–water partition coefficient (Wildman–Crippen LogP) is 2.14. The number of fused-ring (bicyclic) bond motifs is 1. The van der Waals surface area contributed by atoms with Gasteiger partial charge >= 0.3 is 0 Å². The van der Waals surface area contributed by atoms with Crippen LogP contribution in [0.25, 0.3) is 10.9 Å². The number of benzene rings is 1. The van der Waals surface area contributed by atoms with Crippen LogP contribution in [0.5, 0.6) is 5.75 Å². The second-order valence-corrected chi connectivity index (χ2v) is 8.76. The number of pyridine rings is 1. The lowest BCUT2D eigenvalue weighted by Gasteiger charge is -2.29. The van der Waals surface area contributed by atoms with Gasteiger partial charge in [0.05, 0.1) is 19.2 Å². The van der Waals surface area contributed by atoms with Crippen LogP contribution in [-0.2, 0) is 24.8 Å². The highest BCUT2D eigenvalue weighted by molar-refractivity contribution is 6.04. The van der Waals surface area contributed by atoms with Gasteiger partial charge in [0.25, 0.3) is 11.5 Å². The lowest BCUT2D eigenvalue weighted by Crippen LogP contribution is -2.44. The first-order valence-electron chi connectivity index (χ1n) is 11.8. The maximum absolute atomic E-state index is 13.6. The number of aryl methyl sites for hydroxylation is 2. The molecule has 1 aliphatic heterocycles. The summed E-state index contributed by atoms with van der Waals surface area (Å²) in [4.78, 5) is 52.5. The Labute approximate surface area is 203 Å². The van der Waals surface area contributed by atoms with Gasteiger partial charge in [-0.05, 0) is 25.3 Å². The number of nitrogens with zero attached hydrogens (tertiary/aromatic N) is 3. The number of ether oxygens (including phenoxy) is 1. The Hall–Kier alpha value is -3.88. The van der Waals surface area contributed by atoms with Crippen LogP contribution in [0.4, 0.5) is 0 Å². The summed E-state index contributed by atoms with van der Waals surface area (Å²) >= 11 is 0. The monoisotopic (exact) mass is 478 g/mol. The van der Waals surface area contributed by atoms with E-state index in [0.29, 0.717) is 49.1 Å². The van der Waals surface area contributed by atoms with Gasteiger partial charge in [-0.1, -0.05) is 37.3 Å². The lowest BCUT2D eigenvalue weighted by atomic mass is 10.1. The third-order valence-corrected chi connectivity index (χ3v) is 6.70. The van der Waals surface area contributed by atoms with Crippen molar-refractivity contribution in [2.24, 2.45) is 7.05 Å². The highest BCUT2D eigenvalue weighted by atomic mass is 16.5. The molecule has 0 aliphatic carbocycles. The van der Waals surface area contributed by atoms with Gasteiger partial charge < -0.3 is 24.1 Å². The summed E-state index contributed by atoms with van der Waals surface area (Å²) in [6.07, 6.45) is 2.68. The number of hydrogen-bond acceptors (Lipinski definition) is 5. The highest BCUT2D eigenvalue weighted by Gasteiger charge is 2.28. The van der Waals surface area contributed by atoms with Crippen molar-refractivity contribution in [3.63, 3.8) is 0 Å². The maximum Gasteiger partial charge on any atom is 0.272 e. The van der Waals surface area contributed by atoms with E-state index >= 15 is 0 Å². The third-order valence-electron chi connectivity index (χ3n) is 6.70. The summed E-state index contributed by atoms with van der Waals surface area (Å²) in [5, 5.41) is 3.30. The van der Waals surface area contributed by atoms with E-state index in [1.54, 1.807) is 40.8 Å². The number of hydrogen-bond donors (Lipinski definition) is 1. The first-order valence-corrected chi connectivity index (χ1v) is 11.8. The van der Waals surface area contributed by atoms with E-state index in [9.17, 15) is 19.2 Å². The topological polar surface area (TPSA) is 103 Å². The molecular weight excluding hydrogens is 448 g/mol. The van der Waals surface area contributed by atoms with E-state index in [0.717, 1.165) is 6.41 Å². The molecule has 2 amide bonds. The number of nitrogens with one attached hydrogen (secondary N) is 1. The Balaban J connectivity index is 1.73. The van der Waals surface area contributed by atoms with Gasteiger partial charge in [0, 0.05) is 37.4 Å². The van der Waals surface area contributed by atoms with Gasteiger partial charge in [-0.15, -0.1) is 0 Å². The number of piperidine rings is 1. The number of Topliss-reactive ketones (excluding diaryl/α,β-unsaturated/α-hetero) is 1. The molecular formula is C26H30N4O5. The molecule has 0 atom stereocenters. The van der Waals surface area contributed by atoms with Crippen molar-refractivity contribution in [1.82, 2.24) is 19.4 Å². The Bertz CT molecular complexity index is 1320. The Morgan fingerprint density at radius 1 is 1.17 bits per heavy atom. The van der Waals surface area contributed by atoms with Crippen LogP contribution >= 0.6 is 0 Å². The zero-order valence-corrected chi connectivity index (χ0v) is 20.2. The van der Waals surface area contributed by atoms with Crippen LogP contribution in [0.2, 0.25) is 0 Å². The molecule has 0 saturated carbocycles. The van der Waals surface area contributed by atoms with Gasteiger partial charge in [-0.25, -0.2) is 0 Å². The molecule has 184 valence electrons. The predicted molar refractivity (Wildman–Crippen MR) is 132 cm³/mol. The average Bonchev–Trinajstić information content (AvgIpc) is 3.17. The molecule has 2 aromatic heterocycles. The first-order chi connectivity index (χ1) is 16.9. The quantitative estimate of drug-likeness (QED) is 0.395. The van der Waals surface area contributed by atoms with Gasteiger partial charge in [0.15, 0.2) is 17.2 Å². The number of methoxy groups -OCH3 is 1. The molecule has 0 radical (unpaired) electrons. The molecule has 3 heterocycles.